The number of allylic oxidation sites excluding steroid dienone is 1. The third-order valence-corrected chi connectivity index (χ3v) is 6.18. The molecule has 0 aromatic heterocycles. The number of aliphatic hydroxyl groups excluding tert-OH is 2. The van der Waals surface area contributed by atoms with E-state index < -0.39 is 5.97 Å². The van der Waals surface area contributed by atoms with Crippen LogP contribution in [0.1, 0.15) is 71.6 Å². The average molecular weight is 370 g/mol. The van der Waals surface area contributed by atoms with Crippen LogP contribution in [-0.2, 0) is 9.63 Å². The number of hydrogen-bond acceptors (Lipinski definition) is 5. The second kappa shape index (κ2) is 10.3. The van der Waals surface area contributed by atoms with Crippen LogP contribution in [0.25, 0.3) is 0 Å². The van der Waals surface area contributed by atoms with E-state index >= 15 is 0 Å². The van der Waals surface area contributed by atoms with Gasteiger partial charge in [0.05, 0.1) is 25.2 Å². The summed E-state index contributed by atoms with van der Waals surface area (Å²) >= 11 is 0. The van der Waals surface area contributed by atoms with Crippen LogP contribution in [0.5, 0.6) is 0 Å². The van der Waals surface area contributed by atoms with Gasteiger partial charge in [0, 0.05) is 11.6 Å². The summed E-state index contributed by atoms with van der Waals surface area (Å²) < 4.78 is 0. The fourth-order valence-corrected chi connectivity index (χ4v) is 4.23. The lowest BCUT2D eigenvalue weighted by atomic mass is 9.83. The standard InChI is InChI=1S/C20H35NO5/c1-3-13(4-2)5-7-15(22)8-6-14-11-16-17(20(14)25)12-18(16)21-26-10-9-19(23)24/h13-15,17,20-22,25H,3-12H2,1-2H3,(H,23,24). The summed E-state index contributed by atoms with van der Waals surface area (Å²) in [5.41, 5.74) is 5.06. The molecule has 150 valence electrons. The van der Waals surface area contributed by atoms with Gasteiger partial charge in [0.15, 0.2) is 0 Å². The summed E-state index contributed by atoms with van der Waals surface area (Å²) in [4.78, 5) is 15.7. The first-order valence-electron chi connectivity index (χ1n) is 10.1. The first kappa shape index (κ1) is 21.2. The molecule has 6 heteroatoms. The highest BCUT2D eigenvalue weighted by atomic mass is 16.6. The Bertz CT molecular complexity index is 489. The number of hydrogen-bond donors (Lipinski definition) is 4. The van der Waals surface area contributed by atoms with E-state index in [9.17, 15) is 15.0 Å². The number of carbonyl (C=O) groups is 1. The molecular formula is C20H35NO5. The maximum Gasteiger partial charge on any atom is 0.305 e. The molecule has 4 atom stereocenters. The van der Waals surface area contributed by atoms with Crippen molar-refractivity contribution in [3.8, 4) is 0 Å². The van der Waals surface area contributed by atoms with Gasteiger partial charge in [0.2, 0.25) is 0 Å². The predicted molar refractivity (Wildman–Crippen MR) is 99.1 cm³/mol. The second-order valence-corrected chi connectivity index (χ2v) is 7.85. The van der Waals surface area contributed by atoms with Gasteiger partial charge in [0.1, 0.15) is 0 Å². The minimum absolute atomic E-state index is 0.0287. The SMILES string of the molecule is CCC(CC)CCC(O)CCC1CC2=C(NOCCC(=O)O)CC2C1O. The molecule has 26 heavy (non-hydrogen) atoms. The summed E-state index contributed by atoms with van der Waals surface area (Å²) in [5.74, 6) is 0.232. The monoisotopic (exact) mass is 369 g/mol. The fourth-order valence-electron chi connectivity index (χ4n) is 4.23. The van der Waals surface area contributed by atoms with Crippen molar-refractivity contribution < 1.29 is 25.0 Å². The highest BCUT2D eigenvalue weighted by Crippen LogP contribution is 2.49. The molecule has 0 radical (unpaired) electrons. The van der Waals surface area contributed by atoms with Crippen molar-refractivity contribution in [2.75, 3.05) is 6.61 Å². The quantitative estimate of drug-likeness (QED) is 0.294. The maximum absolute atomic E-state index is 10.5. The van der Waals surface area contributed by atoms with Gasteiger partial charge in [-0.2, -0.15) is 0 Å². The van der Waals surface area contributed by atoms with Crippen LogP contribution in [0.15, 0.2) is 11.3 Å². The first-order valence-corrected chi connectivity index (χ1v) is 10.1. The van der Waals surface area contributed by atoms with Crippen LogP contribution in [0.2, 0.25) is 0 Å². The zero-order valence-corrected chi connectivity index (χ0v) is 16.1. The van der Waals surface area contributed by atoms with Crippen LogP contribution < -0.4 is 5.48 Å². The number of fused-ring (bicyclic) bond motifs is 1. The summed E-state index contributed by atoms with van der Waals surface area (Å²) in [6, 6.07) is 0. The molecule has 1 fully saturated rings. The van der Waals surface area contributed by atoms with Gasteiger partial charge in [-0.25, -0.2) is 0 Å². The third-order valence-electron chi connectivity index (χ3n) is 6.18. The van der Waals surface area contributed by atoms with E-state index in [-0.39, 0.29) is 37.1 Å². The van der Waals surface area contributed by atoms with Gasteiger partial charge >= 0.3 is 5.97 Å². The Morgan fingerprint density at radius 3 is 2.62 bits per heavy atom. The Labute approximate surface area is 156 Å². The number of rotatable bonds is 13. The minimum Gasteiger partial charge on any atom is -0.481 e. The van der Waals surface area contributed by atoms with Crippen LogP contribution in [-0.4, -0.2) is 40.1 Å². The zero-order chi connectivity index (χ0) is 19.1. The lowest BCUT2D eigenvalue weighted by Crippen LogP contribution is -2.32. The third kappa shape index (κ3) is 5.69. The number of aliphatic hydroxyl groups is 2. The van der Waals surface area contributed by atoms with E-state index in [0.717, 1.165) is 44.2 Å². The van der Waals surface area contributed by atoms with E-state index in [2.05, 4.69) is 19.3 Å². The zero-order valence-electron chi connectivity index (χ0n) is 16.1. The van der Waals surface area contributed by atoms with E-state index in [1.54, 1.807) is 0 Å². The van der Waals surface area contributed by atoms with Crippen molar-refractivity contribution in [1.82, 2.24) is 5.48 Å². The molecular weight excluding hydrogens is 334 g/mol. The molecule has 0 amide bonds. The minimum atomic E-state index is -0.880. The summed E-state index contributed by atoms with van der Waals surface area (Å²) in [6.07, 6.45) is 6.84. The molecule has 0 heterocycles. The van der Waals surface area contributed by atoms with Gasteiger partial charge < -0.3 is 15.3 Å². The molecule has 0 spiro atoms. The Kier molecular flexibility index (Phi) is 8.38. The topological polar surface area (TPSA) is 99.0 Å². The first-order chi connectivity index (χ1) is 12.5. The van der Waals surface area contributed by atoms with Crippen molar-refractivity contribution >= 4 is 5.97 Å². The molecule has 4 unspecified atom stereocenters. The molecule has 4 N–H and O–H groups in total. The Morgan fingerprint density at radius 2 is 1.96 bits per heavy atom. The van der Waals surface area contributed by atoms with Crippen LogP contribution >= 0.6 is 0 Å². The van der Waals surface area contributed by atoms with E-state index in [1.807, 2.05) is 0 Å². The van der Waals surface area contributed by atoms with Gasteiger partial charge in [0.25, 0.3) is 0 Å². The van der Waals surface area contributed by atoms with Crippen molar-refractivity contribution in [2.45, 2.75) is 83.8 Å². The van der Waals surface area contributed by atoms with E-state index in [4.69, 9.17) is 9.94 Å². The summed E-state index contributed by atoms with van der Waals surface area (Å²) in [6.45, 7) is 4.54. The van der Waals surface area contributed by atoms with Gasteiger partial charge in [-0.1, -0.05) is 26.7 Å². The average Bonchev–Trinajstić information content (AvgIpc) is 2.84. The number of hydroxylamine groups is 1. The van der Waals surface area contributed by atoms with Gasteiger partial charge in [-0.3, -0.25) is 15.1 Å². The van der Waals surface area contributed by atoms with Gasteiger partial charge in [-0.15, -0.1) is 0 Å². The lowest BCUT2D eigenvalue weighted by Gasteiger charge is -2.30. The Morgan fingerprint density at radius 1 is 1.23 bits per heavy atom. The molecule has 6 nitrogen and oxygen atoms in total. The predicted octanol–water partition coefficient (Wildman–Crippen LogP) is 2.99. The maximum atomic E-state index is 10.5. The number of aliphatic carboxylic acids is 1. The molecule has 0 saturated heterocycles. The normalized spacial score (nSPS) is 26.0. The molecule has 1 saturated carbocycles. The van der Waals surface area contributed by atoms with Crippen LogP contribution in [0.3, 0.4) is 0 Å². The highest BCUT2D eigenvalue weighted by molar-refractivity contribution is 5.66. The summed E-state index contributed by atoms with van der Waals surface area (Å²) in [5, 5.41) is 29.3. The lowest BCUT2D eigenvalue weighted by molar-refractivity contribution is -0.138. The number of carboxylic acids is 1. The number of carboxylic acid groups (broad SMARTS) is 1. The number of nitrogens with one attached hydrogen (secondary N) is 1. The Hall–Kier alpha value is -1.11. The molecule has 0 aliphatic heterocycles. The summed E-state index contributed by atoms with van der Waals surface area (Å²) in [7, 11) is 0. The van der Waals surface area contributed by atoms with E-state index in [1.165, 1.54) is 18.4 Å². The Balaban J connectivity index is 1.69. The molecule has 0 aromatic rings. The van der Waals surface area contributed by atoms with Crippen molar-refractivity contribution in [3.63, 3.8) is 0 Å². The van der Waals surface area contributed by atoms with Crippen LogP contribution in [0, 0.1) is 17.8 Å². The smallest absolute Gasteiger partial charge is 0.305 e. The van der Waals surface area contributed by atoms with Gasteiger partial charge in [-0.05, 0) is 55.9 Å². The van der Waals surface area contributed by atoms with Crippen molar-refractivity contribution in [1.29, 1.82) is 0 Å². The molecule has 2 rings (SSSR count). The fraction of sp³-hybridized carbons (Fsp3) is 0.850. The van der Waals surface area contributed by atoms with Crippen molar-refractivity contribution in [2.24, 2.45) is 17.8 Å². The molecule has 0 aromatic carbocycles. The van der Waals surface area contributed by atoms with Crippen LogP contribution in [0.4, 0.5) is 0 Å². The molecule has 0 bridgehead atoms. The second-order valence-electron chi connectivity index (χ2n) is 7.85. The van der Waals surface area contributed by atoms with E-state index in [0.29, 0.717) is 5.92 Å². The largest absolute Gasteiger partial charge is 0.481 e. The van der Waals surface area contributed by atoms with Crippen molar-refractivity contribution in [3.05, 3.63) is 11.3 Å². The highest BCUT2D eigenvalue weighted by Gasteiger charge is 2.45. The molecule has 2 aliphatic carbocycles. The molecule has 2 aliphatic rings.